The first-order valence-corrected chi connectivity index (χ1v) is 4.57. The van der Waals surface area contributed by atoms with Crippen molar-refractivity contribution in [2.45, 2.75) is 0 Å². The van der Waals surface area contributed by atoms with E-state index in [9.17, 15) is 4.39 Å². The van der Waals surface area contributed by atoms with Crippen LogP contribution in [0.15, 0.2) is 42.5 Å². The average molecular weight is 206 g/mol. The highest BCUT2D eigenvalue weighted by molar-refractivity contribution is 6.33. The summed E-state index contributed by atoms with van der Waals surface area (Å²) in [7, 11) is 0. The Kier molecular flexibility index (Phi) is 2.51. The van der Waals surface area contributed by atoms with Crippen LogP contribution >= 0.6 is 11.6 Å². The highest BCUT2D eigenvalue weighted by Gasteiger charge is 2.02. The molecule has 0 N–H and O–H groups in total. The van der Waals surface area contributed by atoms with E-state index < -0.39 is 0 Å². The van der Waals surface area contributed by atoms with Gasteiger partial charge >= 0.3 is 0 Å². The fraction of sp³-hybridized carbons (Fsp3) is 0. The van der Waals surface area contributed by atoms with Crippen molar-refractivity contribution in [3.63, 3.8) is 0 Å². The van der Waals surface area contributed by atoms with Crippen molar-refractivity contribution in [1.29, 1.82) is 0 Å². The molecule has 0 aromatic heterocycles. The third-order valence-electron chi connectivity index (χ3n) is 1.95. The quantitative estimate of drug-likeness (QED) is 0.662. The van der Waals surface area contributed by atoms with Crippen LogP contribution in [0.4, 0.5) is 4.39 Å². The predicted octanol–water partition coefficient (Wildman–Crippen LogP) is 3.95. The predicted molar refractivity (Wildman–Crippen MR) is 55.7 cm³/mol. The SMILES string of the molecule is Fc1cccc(-c2cc[c]cc2Cl)c1. The average Bonchev–Trinajstić information content (AvgIpc) is 2.18. The summed E-state index contributed by atoms with van der Waals surface area (Å²) in [6, 6.07) is 14.5. The van der Waals surface area contributed by atoms with E-state index in [1.54, 1.807) is 18.2 Å². The van der Waals surface area contributed by atoms with Gasteiger partial charge in [-0.25, -0.2) is 4.39 Å². The summed E-state index contributed by atoms with van der Waals surface area (Å²) in [5.41, 5.74) is 1.61. The van der Waals surface area contributed by atoms with Crippen molar-refractivity contribution in [3.05, 3.63) is 59.4 Å². The fourth-order valence-corrected chi connectivity index (χ4v) is 1.54. The van der Waals surface area contributed by atoms with Crippen LogP contribution in [-0.2, 0) is 0 Å². The first kappa shape index (κ1) is 9.22. The summed E-state index contributed by atoms with van der Waals surface area (Å²) in [4.78, 5) is 0. The van der Waals surface area contributed by atoms with Gasteiger partial charge in [0.05, 0.1) is 0 Å². The molecule has 0 heterocycles. The topological polar surface area (TPSA) is 0 Å². The molecule has 2 aromatic carbocycles. The Morgan fingerprint density at radius 2 is 2.07 bits per heavy atom. The molecule has 0 amide bonds. The molecule has 0 fully saturated rings. The van der Waals surface area contributed by atoms with Gasteiger partial charge < -0.3 is 0 Å². The maximum absolute atomic E-state index is 12.9. The minimum absolute atomic E-state index is 0.258. The molecule has 0 spiro atoms. The summed E-state index contributed by atoms with van der Waals surface area (Å²) in [6.07, 6.45) is 0. The van der Waals surface area contributed by atoms with E-state index in [1.165, 1.54) is 12.1 Å². The van der Waals surface area contributed by atoms with Gasteiger partial charge in [-0.05, 0) is 29.8 Å². The minimum atomic E-state index is -0.258. The van der Waals surface area contributed by atoms with Crippen LogP contribution in [0.5, 0.6) is 0 Å². The first-order chi connectivity index (χ1) is 6.77. The fourth-order valence-electron chi connectivity index (χ4n) is 1.30. The molecule has 0 saturated heterocycles. The Labute approximate surface area is 87.0 Å². The zero-order valence-corrected chi connectivity index (χ0v) is 8.05. The van der Waals surface area contributed by atoms with Gasteiger partial charge in [0.25, 0.3) is 0 Å². The Balaban J connectivity index is 2.55. The molecule has 0 nitrogen and oxygen atoms in total. The van der Waals surface area contributed by atoms with Gasteiger partial charge in [-0.1, -0.05) is 35.9 Å². The molecule has 2 aromatic rings. The van der Waals surface area contributed by atoms with Crippen LogP contribution in [0.2, 0.25) is 5.02 Å². The molecular weight excluding hydrogens is 199 g/mol. The number of benzene rings is 2. The minimum Gasteiger partial charge on any atom is -0.207 e. The molecular formula is C12H7ClF. The second kappa shape index (κ2) is 3.81. The molecule has 0 bridgehead atoms. The van der Waals surface area contributed by atoms with Crippen LogP contribution in [0.25, 0.3) is 11.1 Å². The van der Waals surface area contributed by atoms with Gasteiger partial charge in [-0.2, -0.15) is 0 Å². The van der Waals surface area contributed by atoms with Crippen molar-refractivity contribution in [3.8, 4) is 11.1 Å². The largest absolute Gasteiger partial charge is 0.207 e. The van der Waals surface area contributed by atoms with Gasteiger partial charge in [-0.15, -0.1) is 0 Å². The highest BCUT2D eigenvalue weighted by atomic mass is 35.5. The summed E-state index contributed by atoms with van der Waals surface area (Å²) in [5, 5.41) is 0.582. The van der Waals surface area contributed by atoms with Gasteiger partial charge in [-0.3, -0.25) is 0 Å². The third kappa shape index (κ3) is 1.78. The van der Waals surface area contributed by atoms with Gasteiger partial charge in [0.1, 0.15) is 5.82 Å². The lowest BCUT2D eigenvalue weighted by atomic mass is 10.1. The normalized spacial score (nSPS) is 10.1. The van der Waals surface area contributed by atoms with Gasteiger partial charge in [0.2, 0.25) is 0 Å². The molecule has 0 aliphatic heterocycles. The molecule has 1 radical (unpaired) electrons. The van der Waals surface area contributed by atoms with Crippen LogP contribution in [0.3, 0.4) is 0 Å². The van der Waals surface area contributed by atoms with Crippen molar-refractivity contribution in [2.75, 3.05) is 0 Å². The van der Waals surface area contributed by atoms with Crippen LogP contribution in [0.1, 0.15) is 0 Å². The highest BCUT2D eigenvalue weighted by Crippen LogP contribution is 2.27. The second-order valence-electron chi connectivity index (χ2n) is 2.92. The summed E-state index contributed by atoms with van der Waals surface area (Å²) in [6.45, 7) is 0. The second-order valence-corrected chi connectivity index (χ2v) is 3.32. The van der Waals surface area contributed by atoms with E-state index in [1.807, 2.05) is 12.1 Å². The molecule has 0 aliphatic rings. The number of hydrogen-bond acceptors (Lipinski definition) is 0. The Bertz CT molecular complexity index is 452. The Morgan fingerprint density at radius 3 is 2.79 bits per heavy atom. The molecule has 69 valence electrons. The van der Waals surface area contributed by atoms with Crippen LogP contribution in [0, 0.1) is 11.9 Å². The molecule has 2 heteroatoms. The number of halogens is 2. The molecule has 0 aliphatic carbocycles. The van der Waals surface area contributed by atoms with Crippen LogP contribution in [-0.4, -0.2) is 0 Å². The maximum Gasteiger partial charge on any atom is 0.123 e. The van der Waals surface area contributed by atoms with Gasteiger partial charge in [0, 0.05) is 10.6 Å². The molecule has 14 heavy (non-hydrogen) atoms. The summed E-state index contributed by atoms with van der Waals surface area (Å²) >= 11 is 5.96. The van der Waals surface area contributed by atoms with Crippen molar-refractivity contribution >= 4 is 11.6 Å². The van der Waals surface area contributed by atoms with Crippen molar-refractivity contribution in [1.82, 2.24) is 0 Å². The van der Waals surface area contributed by atoms with Gasteiger partial charge in [0.15, 0.2) is 0 Å². The van der Waals surface area contributed by atoms with Crippen molar-refractivity contribution < 1.29 is 4.39 Å². The smallest absolute Gasteiger partial charge is 0.123 e. The first-order valence-electron chi connectivity index (χ1n) is 4.19. The molecule has 0 saturated carbocycles. The van der Waals surface area contributed by atoms with E-state index in [0.717, 1.165) is 11.1 Å². The maximum atomic E-state index is 12.9. The lowest BCUT2D eigenvalue weighted by Crippen LogP contribution is -1.80. The number of rotatable bonds is 1. The van der Waals surface area contributed by atoms with E-state index in [2.05, 4.69) is 6.07 Å². The summed E-state index contributed by atoms with van der Waals surface area (Å²) < 4.78 is 12.9. The zero-order chi connectivity index (χ0) is 9.97. The number of hydrogen-bond donors (Lipinski definition) is 0. The monoisotopic (exact) mass is 205 g/mol. The summed E-state index contributed by atoms with van der Waals surface area (Å²) in [5.74, 6) is -0.258. The van der Waals surface area contributed by atoms with E-state index in [-0.39, 0.29) is 5.82 Å². The van der Waals surface area contributed by atoms with Crippen LogP contribution < -0.4 is 0 Å². The molecule has 0 atom stereocenters. The lowest BCUT2D eigenvalue weighted by molar-refractivity contribution is 0.628. The molecule has 0 unspecified atom stereocenters. The van der Waals surface area contributed by atoms with Crippen molar-refractivity contribution in [2.24, 2.45) is 0 Å². The standard InChI is InChI=1S/C12H7ClF/c13-12-7-2-1-6-11(12)9-4-3-5-10(14)8-9/h1,3-8H. The lowest BCUT2D eigenvalue weighted by Gasteiger charge is -2.03. The molecule has 2 rings (SSSR count). The zero-order valence-electron chi connectivity index (χ0n) is 7.30. The van der Waals surface area contributed by atoms with E-state index in [4.69, 9.17) is 11.6 Å². The third-order valence-corrected chi connectivity index (χ3v) is 2.26. The van der Waals surface area contributed by atoms with E-state index in [0.29, 0.717) is 5.02 Å². The Morgan fingerprint density at radius 1 is 1.21 bits per heavy atom. The van der Waals surface area contributed by atoms with E-state index >= 15 is 0 Å². The Hall–Kier alpha value is -1.34.